The molecule has 3 heterocycles. The normalized spacial score (nSPS) is 17.2. The number of amides is 4. The molecule has 2 fully saturated rings. The minimum Gasteiger partial charge on any atom is -0.453 e. The van der Waals surface area contributed by atoms with Gasteiger partial charge in [-0.15, -0.1) is 0 Å². The van der Waals surface area contributed by atoms with Crippen LogP contribution in [0.3, 0.4) is 0 Å². The summed E-state index contributed by atoms with van der Waals surface area (Å²) >= 11 is 0. The van der Waals surface area contributed by atoms with Crippen LogP contribution in [0.2, 0.25) is 0 Å². The van der Waals surface area contributed by atoms with E-state index in [-0.39, 0.29) is 42.0 Å². The molecular formula is C52H56N8O6. The van der Waals surface area contributed by atoms with E-state index in [9.17, 15) is 19.2 Å². The highest BCUT2D eigenvalue weighted by Crippen LogP contribution is 2.41. The standard InChI is InChI=1S/C52H56N8O6/c1-7-23-59(50(62)44(31-11-9-8-10-12-31)57-49(61)32-13-14-32)27-42-53-40-21-17-35-24-33(15-19-38(35)45(40)55-42)34-16-20-39-36(25-34)18-22-41-46(39)56-48(54-41)47-30(4)37(28-65-5)26-60(47)51(63)43(29(2)3)58-52(64)66-6/h8-12,15-22,24-25,29,32,37,43-44,47H,4,7,13-14,23,26-28H2,1-3,5-6H3,(H,53,55)(H,54,56)(H,57,61)(H,58,64). The van der Waals surface area contributed by atoms with Crippen LogP contribution in [-0.4, -0.2) is 93.5 Å². The predicted molar refractivity (Wildman–Crippen MR) is 255 cm³/mol. The first-order chi connectivity index (χ1) is 32.0. The summed E-state index contributed by atoms with van der Waals surface area (Å²) in [6.45, 7) is 11.8. The van der Waals surface area contributed by atoms with Gasteiger partial charge in [-0.2, -0.15) is 0 Å². The monoisotopic (exact) mass is 888 g/mol. The molecule has 66 heavy (non-hydrogen) atoms. The van der Waals surface area contributed by atoms with E-state index in [2.05, 4.69) is 75.7 Å². The van der Waals surface area contributed by atoms with Gasteiger partial charge in [0.1, 0.15) is 29.8 Å². The third kappa shape index (κ3) is 8.60. The number of nitrogens with zero attached hydrogens (tertiary/aromatic N) is 4. The fraction of sp³-hybridized carbons (Fsp3) is 0.346. The number of hydrogen-bond donors (Lipinski definition) is 4. The summed E-state index contributed by atoms with van der Waals surface area (Å²) in [4.78, 5) is 74.2. The number of benzene rings is 5. The maximum atomic E-state index is 14.2. The topological polar surface area (TPSA) is 175 Å². The predicted octanol–water partition coefficient (Wildman–Crippen LogP) is 8.50. The number of likely N-dealkylation sites (tertiary alicyclic amines) is 1. The van der Waals surface area contributed by atoms with Gasteiger partial charge in [-0.3, -0.25) is 14.4 Å². The van der Waals surface area contributed by atoms with Crippen molar-refractivity contribution >= 4 is 67.4 Å². The largest absolute Gasteiger partial charge is 0.453 e. The lowest BCUT2D eigenvalue weighted by Crippen LogP contribution is -2.51. The molecule has 0 radical (unpaired) electrons. The van der Waals surface area contributed by atoms with Crippen LogP contribution in [0.25, 0.3) is 54.7 Å². The molecule has 1 saturated heterocycles. The molecule has 4 N–H and O–H groups in total. The SMILES string of the molecule is C=C1C(COC)CN(C(=O)C(NC(=O)OC)C(C)C)C1c1nc2c(ccc3cc(-c4ccc5c(ccc6[nH]c(CN(CCC)C(=O)C(NC(=O)C7CC7)c7ccccc7)nc65)c4)ccc32)[nH]1. The molecule has 2 aromatic heterocycles. The lowest BCUT2D eigenvalue weighted by molar-refractivity contribution is -0.137. The molecule has 14 nitrogen and oxygen atoms in total. The van der Waals surface area contributed by atoms with Gasteiger partial charge in [-0.1, -0.05) is 94.1 Å². The number of fused-ring (bicyclic) bond motifs is 6. The van der Waals surface area contributed by atoms with E-state index < -0.39 is 24.2 Å². The number of imidazole rings is 2. The number of carbonyl (C=O) groups is 4. The molecule has 5 aromatic carbocycles. The molecule has 4 atom stereocenters. The number of rotatable bonds is 15. The number of nitrogens with one attached hydrogen (secondary N) is 4. The second-order valence-electron chi connectivity index (χ2n) is 18.0. The van der Waals surface area contributed by atoms with Crippen LogP contribution in [0.15, 0.2) is 103 Å². The highest BCUT2D eigenvalue weighted by Gasteiger charge is 2.44. The second kappa shape index (κ2) is 18.4. The number of carbonyl (C=O) groups excluding carboxylic acids is 4. The number of alkyl carbamates (subject to hydrolysis) is 1. The van der Waals surface area contributed by atoms with Gasteiger partial charge in [-0.25, -0.2) is 14.8 Å². The fourth-order valence-electron chi connectivity index (χ4n) is 9.34. The van der Waals surface area contributed by atoms with E-state index in [1.54, 1.807) is 16.9 Å². The first-order valence-corrected chi connectivity index (χ1v) is 22.8. The maximum absolute atomic E-state index is 14.2. The maximum Gasteiger partial charge on any atom is 0.407 e. The first-order valence-electron chi connectivity index (χ1n) is 22.8. The summed E-state index contributed by atoms with van der Waals surface area (Å²) in [7, 11) is 2.91. The lowest BCUT2D eigenvalue weighted by atomic mass is 9.98. The van der Waals surface area contributed by atoms with Crippen molar-refractivity contribution in [1.82, 2.24) is 40.4 Å². The average Bonchev–Trinajstić information content (AvgIpc) is 3.83. The van der Waals surface area contributed by atoms with Crippen molar-refractivity contribution in [3.63, 3.8) is 0 Å². The average molecular weight is 889 g/mol. The van der Waals surface area contributed by atoms with E-state index in [1.807, 2.05) is 63.2 Å². The van der Waals surface area contributed by atoms with E-state index in [1.165, 1.54) is 7.11 Å². The molecule has 0 spiro atoms. The first kappa shape index (κ1) is 44.2. The zero-order valence-corrected chi connectivity index (χ0v) is 38.0. The third-order valence-corrected chi connectivity index (χ3v) is 13.0. The number of H-pyrrole nitrogens is 2. The molecule has 4 amide bonds. The quantitative estimate of drug-likeness (QED) is 0.0742. The number of aromatic amines is 2. The van der Waals surface area contributed by atoms with Crippen LogP contribution in [0.4, 0.5) is 4.79 Å². The summed E-state index contributed by atoms with van der Waals surface area (Å²) in [5.41, 5.74) is 6.98. The number of ether oxygens (including phenoxy) is 2. The zero-order valence-electron chi connectivity index (χ0n) is 38.0. The Morgan fingerprint density at radius 2 is 1.50 bits per heavy atom. The molecule has 2 aliphatic rings. The smallest absolute Gasteiger partial charge is 0.407 e. The molecular weight excluding hydrogens is 833 g/mol. The van der Waals surface area contributed by atoms with Gasteiger partial charge in [0, 0.05) is 42.8 Å². The Hall–Kier alpha value is -7.06. The Morgan fingerprint density at radius 1 is 0.848 bits per heavy atom. The summed E-state index contributed by atoms with van der Waals surface area (Å²) in [5, 5.41) is 9.76. The molecule has 14 heteroatoms. The van der Waals surface area contributed by atoms with E-state index in [0.717, 1.165) is 85.1 Å². The molecule has 0 bridgehead atoms. The van der Waals surface area contributed by atoms with E-state index in [4.69, 9.17) is 19.4 Å². The van der Waals surface area contributed by atoms with Crippen LogP contribution >= 0.6 is 0 Å². The Labute approximate surface area is 383 Å². The van der Waals surface area contributed by atoms with Gasteiger partial charge in [0.2, 0.25) is 17.7 Å². The van der Waals surface area contributed by atoms with Gasteiger partial charge < -0.3 is 39.9 Å². The Kier molecular flexibility index (Phi) is 12.3. The zero-order chi connectivity index (χ0) is 46.2. The van der Waals surface area contributed by atoms with Crippen molar-refractivity contribution in [2.45, 2.75) is 64.7 Å². The fourth-order valence-corrected chi connectivity index (χ4v) is 9.34. The van der Waals surface area contributed by atoms with Crippen LogP contribution < -0.4 is 10.6 Å². The van der Waals surface area contributed by atoms with Crippen LogP contribution in [-0.2, 0) is 30.4 Å². The summed E-state index contributed by atoms with van der Waals surface area (Å²) in [5.74, 6) is 0.466. The van der Waals surface area contributed by atoms with Gasteiger partial charge in [-0.05, 0) is 82.5 Å². The lowest BCUT2D eigenvalue weighted by Gasteiger charge is -2.30. The number of aromatic nitrogens is 4. The van der Waals surface area contributed by atoms with Crippen molar-refractivity contribution in [2.24, 2.45) is 17.8 Å². The highest BCUT2D eigenvalue weighted by atomic mass is 16.5. The van der Waals surface area contributed by atoms with E-state index >= 15 is 0 Å². The van der Waals surface area contributed by atoms with Crippen molar-refractivity contribution in [1.29, 1.82) is 0 Å². The van der Waals surface area contributed by atoms with Gasteiger partial charge in [0.25, 0.3) is 0 Å². The van der Waals surface area contributed by atoms with Crippen LogP contribution in [0, 0.1) is 17.8 Å². The van der Waals surface area contributed by atoms with Crippen molar-refractivity contribution in [3.8, 4) is 11.1 Å². The minimum absolute atomic E-state index is 0.0221. The van der Waals surface area contributed by atoms with Gasteiger partial charge in [0.05, 0.1) is 42.3 Å². The number of hydrogen-bond acceptors (Lipinski definition) is 8. The van der Waals surface area contributed by atoms with Crippen molar-refractivity contribution in [2.75, 3.05) is 33.9 Å². The molecule has 4 unspecified atom stereocenters. The Bertz CT molecular complexity index is 2990. The second-order valence-corrected chi connectivity index (χ2v) is 18.0. The van der Waals surface area contributed by atoms with Crippen LogP contribution in [0.1, 0.15) is 69.3 Å². The van der Waals surface area contributed by atoms with Crippen molar-refractivity contribution in [3.05, 3.63) is 120 Å². The highest BCUT2D eigenvalue weighted by molar-refractivity contribution is 6.07. The number of methoxy groups -OCH3 is 2. The molecule has 1 aliphatic carbocycles. The third-order valence-electron chi connectivity index (χ3n) is 13.0. The molecule has 9 rings (SSSR count). The van der Waals surface area contributed by atoms with Gasteiger partial charge >= 0.3 is 6.09 Å². The Balaban J connectivity index is 0.978. The molecule has 340 valence electrons. The van der Waals surface area contributed by atoms with E-state index in [0.29, 0.717) is 31.3 Å². The molecule has 1 saturated carbocycles. The van der Waals surface area contributed by atoms with Crippen molar-refractivity contribution < 1.29 is 28.7 Å². The minimum atomic E-state index is -0.804. The Morgan fingerprint density at radius 3 is 2.11 bits per heavy atom. The summed E-state index contributed by atoms with van der Waals surface area (Å²) in [6.07, 6.45) is 1.80. The van der Waals surface area contributed by atoms with Gasteiger partial charge in [0.15, 0.2) is 0 Å². The van der Waals surface area contributed by atoms with Crippen LogP contribution in [0.5, 0.6) is 0 Å². The summed E-state index contributed by atoms with van der Waals surface area (Å²) < 4.78 is 10.4. The summed E-state index contributed by atoms with van der Waals surface area (Å²) in [6, 6.07) is 28.2. The molecule has 1 aliphatic heterocycles. The molecule has 7 aromatic rings.